The molecule has 0 amide bonds. The molecule has 1 aromatic carbocycles. The van der Waals surface area contributed by atoms with Gasteiger partial charge in [-0.3, -0.25) is 0 Å². The maximum absolute atomic E-state index is 7.88. The molecule has 0 heterocycles. The Bertz CT molecular complexity index is 296. The lowest BCUT2D eigenvalue weighted by molar-refractivity contribution is 1.66. The molecule has 0 saturated carbocycles. The molecule has 0 bridgehead atoms. The van der Waals surface area contributed by atoms with Crippen molar-refractivity contribution in [1.29, 1.82) is 0 Å². The second-order valence-corrected chi connectivity index (χ2v) is 8.74. The molecule has 0 spiro atoms. The van der Waals surface area contributed by atoms with Crippen LogP contribution in [0.4, 0.5) is 0 Å². The first kappa shape index (κ1) is 7.81. The molecule has 0 atom stereocenters. The second-order valence-electron chi connectivity index (χ2n) is 3.95. The topological polar surface area (TPSA) is 0 Å². The summed E-state index contributed by atoms with van der Waals surface area (Å²) < 4.78 is 7.88. The highest BCUT2D eigenvalue weighted by Gasteiger charge is 2.06. The fraction of sp³-hybridized carbons (Fsp3) is 0.273. The molecule has 12 heavy (non-hydrogen) atoms. The lowest BCUT2D eigenvalue weighted by Crippen LogP contribution is -2.15. The summed E-state index contributed by atoms with van der Waals surface area (Å²) in [5.74, 6) is 0. The van der Waals surface area contributed by atoms with E-state index in [0.29, 0.717) is 0 Å². The van der Waals surface area contributed by atoms with E-state index in [1.807, 2.05) is 36.4 Å². The summed E-state index contributed by atoms with van der Waals surface area (Å²) in [6.07, 6.45) is 1.98. The van der Waals surface area contributed by atoms with Gasteiger partial charge in [0.25, 0.3) is 0 Å². The third-order valence-corrected chi connectivity index (χ3v) is 2.48. The summed E-state index contributed by atoms with van der Waals surface area (Å²) in [4.78, 5) is 0. The first-order valence-corrected chi connectivity index (χ1v) is 7.74. The van der Waals surface area contributed by atoms with Crippen molar-refractivity contribution in [1.82, 2.24) is 0 Å². The number of benzene rings is 1. The van der Waals surface area contributed by atoms with Crippen molar-refractivity contribution in [2.75, 3.05) is 0 Å². The van der Waals surface area contributed by atoms with Crippen molar-refractivity contribution in [3.05, 3.63) is 41.6 Å². The average Bonchev–Trinajstić information content (AvgIpc) is 2.04. The van der Waals surface area contributed by atoms with Crippen LogP contribution in [0.1, 0.15) is 6.93 Å². The van der Waals surface area contributed by atoms with E-state index in [2.05, 4.69) is 19.6 Å². The number of hydrogen-bond acceptors (Lipinski definition) is 0. The molecular weight excluding hydrogens is 160 g/mol. The van der Waals surface area contributed by atoms with Gasteiger partial charge in [-0.15, -0.1) is 0 Å². The van der Waals surface area contributed by atoms with E-state index >= 15 is 0 Å². The Morgan fingerprint density at radius 3 is 2.25 bits per heavy atom. The van der Waals surface area contributed by atoms with Crippen molar-refractivity contribution in [3.63, 3.8) is 0 Å². The Morgan fingerprint density at radius 2 is 1.75 bits per heavy atom. The quantitative estimate of drug-likeness (QED) is 0.606. The Balaban J connectivity index is 2.90. The standard InChI is InChI=1S/C11H16Si/c1-12(2,3)10-9-11-7-5-4-6-8-11/h4-10H,1-3H3/i10D. The summed E-state index contributed by atoms with van der Waals surface area (Å²) in [7, 11) is -1.42. The molecule has 64 valence electrons. The molecule has 0 aliphatic rings. The van der Waals surface area contributed by atoms with Crippen LogP contribution in [0.15, 0.2) is 36.0 Å². The predicted molar refractivity (Wildman–Crippen MR) is 58.8 cm³/mol. The highest BCUT2D eigenvalue weighted by Crippen LogP contribution is 2.07. The van der Waals surface area contributed by atoms with Crippen LogP contribution in [0.5, 0.6) is 0 Å². The van der Waals surface area contributed by atoms with E-state index in [-0.39, 0.29) is 0 Å². The van der Waals surface area contributed by atoms with Gasteiger partial charge in [0.05, 0.1) is 9.44 Å². The van der Waals surface area contributed by atoms with Crippen molar-refractivity contribution in [2.45, 2.75) is 19.6 Å². The largest absolute Gasteiger partial charge is 0.0944 e. The van der Waals surface area contributed by atoms with Gasteiger partial charge in [0.2, 0.25) is 0 Å². The number of rotatable bonds is 2. The zero-order valence-corrected chi connectivity index (χ0v) is 8.96. The molecule has 1 heteroatoms. The van der Waals surface area contributed by atoms with Crippen LogP contribution in [0.3, 0.4) is 0 Å². The lowest BCUT2D eigenvalue weighted by atomic mass is 10.2. The van der Waals surface area contributed by atoms with Crippen LogP contribution in [0.25, 0.3) is 6.08 Å². The van der Waals surface area contributed by atoms with Gasteiger partial charge in [0.15, 0.2) is 0 Å². The highest BCUT2D eigenvalue weighted by molar-refractivity contribution is 6.81. The molecule has 0 fully saturated rings. The molecule has 0 unspecified atom stereocenters. The molecule has 0 saturated heterocycles. The smallest absolute Gasteiger partial charge is 0.0687 e. The molecule has 0 aliphatic carbocycles. The maximum Gasteiger partial charge on any atom is 0.0687 e. The van der Waals surface area contributed by atoms with Crippen molar-refractivity contribution in [2.24, 2.45) is 0 Å². The second kappa shape index (κ2) is 3.72. The first-order chi connectivity index (χ1) is 6.00. The van der Waals surface area contributed by atoms with Gasteiger partial charge in [0.1, 0.15) is 0 Å². The van der Waals surface area contributed by atoms with Gasteiger partial charge in [-0.25, -0.2) is 0 Å². The Morgan fingerprint density at radius 1 is 1.17 bits per heavy atom. The van der Waals surface area contributed by atoms with E-state index in [1.165, 1.54) is 0 Å². The van der Waals surface area contributed by atoms with Crippen LogP contribution in [-0.2, 0) is 0 Å². The monoisotopic (exact) mass is 177 g/mol. The molecule has 0 aliphatic heterocycles. The minimum atomic E-state index is -1.42. The molecular formula is C11H16Si. The van der Waals surface area contributed by atoms with E-state index in [0.717, 1.165) is 11.2 Å². The highest BCUT2D eigenvalue weighted by atomic mass is 28.3. The van der Waals surface area contributed by atoms with E-state index < -0.39 is 8.07 Å². The molecule has 0 nitrogen and oxygen atoms in total. The third-order valence-electron chi connectivity index (χ3n) is 1.47. The van der Waals surface area contributed by atoms with Crippen molar-refractivity contribution < 1.29 is 1.37 Å². The summed E-state index contributed by atoms with van der Waals surface area (Å²) in [6, 6.07) is 10.1. The zero-order chi connectivity index (χ0) is 9.90. The predicted octanol–water partition coefficient (Wildman–Crippen LogP) is 3.58. The van der Waals surface area contributed by atoms with E-state index in [9.17, 15) is 0 Å². The minimum absolute atomic E-state index is 0.804. The number of hydrogen-bond donors (Lipinski definition) is 0. The van der Waals surface area contributed by atoms with Crippen LogP contribution >= 0.6 is 0 Å². The van der Waals surface area contributed by atoms with Gasteiger partial charge in [-0.05, 0) is 5.56 Å². The summed E-state index contributed by atoms with van der Waals surface area (Å²) in [5.41, 5.74) is 1.94. The van der Waals surface area contributed by atoms with Crippen molar-refractivity contribution >= 4 is 14.1 Å². The first-order valence-electron chi connectivity index (χ1n) is 4.74. The third kappa shape index (κ3) is 3.53. The van der Waals surface area contributed by atoms with Gasteiger partial charge in [-0.2, -0.15) is 0 Å². The van der Waals surface area contributed by atoms with Gasteiger partial charge in [-0.1, -0.05) is 61.7 Å². The Hall–Kier alpha value is -0.823. The van der Waals surface area contributed by atoms with Gasteiger partial charge in [0, 0.05) is 0 Å². The van der Waals surface area contributed by atoms with Crippen LogP contribution in [0.2, 0.25) is 19.6 Å². The lowest BCUT2D eigenvalue weighted by Gasteiger charge is -2.07. The fourth-order valence-electron chi connectivity index (χ4n) is 0.849. The van der Waals surface area contributed by atoms with E-state index in [4.69, 9.17) is 1.37 Å². The minimum Gasteiger partial charge on any atom is -0.0944 e. The van der Waals surface area contributed by atoms with Crippen LogP contribution < -0.4 is 0 Å². The molecule has 1 aromatic rings. The molecule has 1 rings (SSSR count). The maximum atomic E-state index is 7.88. The summed E-state index contributed by atoms with van der Waals surface area (Å²) in [5, 5.41) is 0. The summed E-state index contributed by atoms with van der Waals surface area (Å²) >= 11 is 0. The van der Waals surface area contributed by atoms with Gasteiger partial charge < -0.3 is 0 Å². The van der Waals surface area contributed by atoms with Crippen molar-refractivity contribution in [3.8, 4) is 0 Å². The SMILES string of the molecule is [2H]C(=Cc1ccccc1)[Si](C)(C)C. The Labute approximate surface area is 77.4 Å². The Kier molecular flexibility index (Phi) is 2.42. The van der Waals surface area contributed by atoms with Gasteiger partial charge >= 0.3 is 0 Å². The molecule has 0 radical (unpaired) electrons. The summed E-state index contributed by atoms with van der Waals surface area (Å²) in [6.45, 7) is 6.57. The normalized spacial score (nSPS) is 14.2. The fourth-order valence-corrected chi connectivity index (χ4v) is 1.45. The van der Waals surface area contributed by atoms with E-state index in [1.54, 1.807) is 0 Å². The van der Waals surface area contributed by atoms with Crippen LogP contribution in [-0.4, -0.2) is 8.07 Å². The van der Waals surface area contributed by atoms with Crippen LogP contribution in [0, 0.1) is 0 Å². The molecule has 0 N–H and O–H groups in total. The molecule has 0 aromatic heterocycles. The zero-order valence-electron chi connectivity index (χ0n) is 8.96. The average molecular weight is 177 g/mol.